The first kappa shape index (κ1) is 13.8. The molecule has 0 saturated heterocycles. The van der Waals surface area contributed by atoms with Gasteiger partial charge in [-0.25, -0.2) is 4.79 Å². The van der Waals surface area contributed by atoms with E-state index in [1.165, 1.54) is 12.1 Å². The van der Waals surface area contributed by atoms with Gasteiger partial charge in [-0.1, -0.05) is 6.58 Å². The number of carbonyl (C=O) groups is 1. The largest absolute Gasteiger partial charge is 0.463 e. The number of nitrogens with zero attached hydrogens (tertiary/aromatic N) is 2. The van der Waals surface area contributed by atoms with Gasteiger partial charge in [0.2, 0.25) is 0 Å². The number of non-ortho nitro benzene ring substituents is 1. The maximum absolute atomic E-state index is 11.5. The molecule has 0 aliphatic rings. The summed E-state index contributed by atoms with van der Waals surface area (Å²) in [5, 5.41) is 11.5. The summed E-state index contributed by atoms with van der Waals surface area (Å²) in [5.74, 6) is -0.434. The molecule has 6 nitrogen and oxygen atoms in total. The number of benzene rings is 1. The van der Waals surface area contributed by atoms with E-state index >= 15 is 0 Å². The molecular formula is C14H14N2O4. The molecule has 0 radical (unpaired) electrons. The fraction of sp³-hybridized carbons (Fsp3) is 0.214. The standard InChI is InChI=1S/C14H14N2O4/c1-3-20-14(17)10(2)9-15-7-6-11-8-12(16(18)19)4-5-13(11)15/h4-8H,2-3,9H2,1H3. The Morgan fingerprint density at radius 1 is 1.45 bits per heavy atom. The molecule has 0 bridgehead atoms. The van der Waals surface area contributed by atoms with Crippen molar-refractivity contribution in [1.29, 1.82) is 0 Å². The molecule has 0 aliphatic carbocycles. The van der Waals surface area contributed by atoms with Crippen molar-refractivity contribution in [3.8, 4) is 0 Å². The van der Waals surface area contributed by atoms with Gasteiger partial charge in [0, 0.05) is 34.8 Å². The molecule has 6 heteroatoms. The van der Waals surface area contributed by atoms with Crippen LogP contribution in [0.1, 0.15) is 6.92 Å². The van der Waals surface area contributed by atoms with Crippen LogP contribution in [0.5, 0.6) is 0 Å². The first-order chi connectivity index (χ1) is 9.52. The lowest BCUT2D eigenvalue weighted by Crippen LogP contribution is -2.11. The number of esters is 1. The van der Waals surface area contributed by atoms with Crippen molar-refractivity contribution in [2.75, 3.05) is 6.61 Å². The van der Waals surface area contributed by atoms with Gasteiger partial charge >= 0.3 is 5.97 Å². The Kier molecular flexibility index (Phi) is 3.84. The average Bonchev–Trinajstić information content (AvgIpc) is 2.81. The third-order valence-electron chi connectivity index (χ3n) is 2.89. The zero-order valence-electron chi connectivity index (χ0n) is 11.0. The van der Waals surface area contributed by atoms with Gasteiger partial charge in [0.1, 0.15) is 0 Å². The summed E-state index contributed by atoms with van der Waals surface area (Å²) in [6, 6.07) is 6.36. The predicted molar refractivity (Wildman–Crippen MR) is 74.4 cm³/mol. The molecule has 1 heterocycles. The number of fused-ring (bicyclic) bond motifs is 1. The summed E-state index contributed by atoms with van der Waals surface area (Å²) in [6.07, 6.45) is 1.76. The molecule has 0 atom stereocenters. The summed E-state index contributed by atoms with van der Waals surface area (Å²) < 4.78 is 6.68. The fourth-order valence-corrected chi connectivity index (χ4v) is 1.94. The van der Waals surface area contributed by atoms with E-state index in [-0.39, 0.29) is 5.69 Å². The maximum atomic E-state index is 11.5. The number of hydrogen-bond acceptors (Lipinski definition) is 4. The van der Waals surface area contributed by atoms with Crippen LogP contribution in [0.3, 0.4) is 0 Å². The first-order valence-electron chi connectivity index (χ1n) is 6.11. The van der Waals surface area contributed by atoms with Crippen molar-refractivity contribution in [3.05, 3.63) is 52.7 Å². The van der Waals surface area contributed by atoms with E-state index < -0.39 is 10.9 Å². The Hall–Kier alpha value is -2.63. The van der Waals surface area contributed by atoms with Crippen LogP contribution in [0.15, 0.2) is 42.6 Å². The molecule has 0 amide bonds. The smallest absolute Gasteiger partial charge is 0.335 e. The van der Waals surface area contributed by atoms with E-state index in [1.54, 1.807) is 29.8 Å². The van der Waals surface area contributed by atoms with Crippen LogP contribution in [-0.2, 0) is 16.1 Å². The Balaban J connectivity index is 2.26. The minimum absolute atomic E-state index is 0.0412. The molecule has 20 heavy (non-hydrogen) atoms. The van der Waals surface area contributed by atoms with E-state index in [0.29, 0.717) is 18.7 Å². The quantitative estimate of drug-likeness (QED) is 0.363. The number of nitro benzene ring substituents is 1. The minimum Gasteiger partial charge on any atom is -0.463 e. The average molecular weight is 274 g/mol. The maximum Gasteiger partial charge on any atom is 0.335 e. The van der Waals surface area contributed by atoms with Crippen molar-refractivity contribution in [3.63, 3.8) is 0 Å². The SMILES string of the molecule is C=C(Cn1ccc2cc([N+](=O)[O-])ccc21)C(=O)OCC. The molecule has 0 fully saturated rings. The van der Waals surface area contributed by atoms with Gasteiger partial charge in [0.15, 0.2) is 0 Å². The van der Waals surface area contributed by atoms with Gasteiger partial charge in [-0.15, -0.1) is 0 Å². The van der Waals surface area contributed by atoms with Crippen molar-refractivity contribution < 1.29 is 14.5 Å². The fourth-order valence-electron chi connectivity index (χ4n) is 1.94. The Bertz CT molecular complexity index is 688. The van der Waals surface area contributed by atoms with Crippen LogP contribution < -0.4 is 0 Å². The second kappa shape index (κ2) is 5.56. The van der Waals surface area contributed by atoms with E-state index in [0.717, 1.165) is 10.9 Å². The number of rotatable bonds is 5. The van der Waals surface area contributed by atoms with Gasteiger partial charge in [-0.05, 0) is 19.1 Å². The summed E-state index contributed by atoms with van der Waals surface area (Å²) in [7, 11) is 0. The summed E-state index contributed by atoms with van der Waals surface area (Å²) >= 11 is 0. The van der Waals surface area contributed by atoms with E-state index in [1.807, 2.05) is 0 Å². The highest BCUT2D eigenvalue weighted by atomic mass is 16.6. The molecule has 2 rings (SSSR count). The summed E-state index contributed by atoms with van der Waals surface area (Å²) in [4.78, 5) is 21.8. The first-order valence-corrected chi connectivity index (χ1v) is 6.11. The number of nitro groups is 1. The molecule has 0 saturated carbocycles. The van der Waals surface area contributed by atoms with Gasteiger partial charge in [0.05, 0.1) is 18.1 Å². The molecule has 0 unspecified atom stereocenters. The second-order valence-electron chi connectivity index (χ2n) is 4.27. The van der Waals surface area contributed by atoms with Crippen LogP contribution in [-0.4, -0.2) is 22.1 Å². The molecule has 1 aromatic carbocycles. The Labute approximate surface area is 115 Å². The zero-order valence-corrected chi connectivity index (χ0v) is 11.0. The number of ether oxygens (including phenoxy) is 1. The predicted octanol–water partition coefficient (Wildman–Crippen LogP) is 2.67. The lowest BCUT2D eigenvalue weighted by molar-refractivity contribution is -0.384. The van der Waals surface area contributed by atoms with Crippen LogP contribution in [0, 0.1) is 10.1 Å². The third kappa shape index (κ3) is 2.69. The Morgan fingerprint density at radius 3 is 2.85 bits per heavy atom. The molecule has 104 valence electrons. The van der Waals surface area contributed by atoms with Crippen LogP contribution in [0.4, 0.5) is 5.69 Å². The van der Waals surface area contributed by atoms with Crippen LogP contribution in [0.2, 0.25) is 0 Å². The highest BCUT2D eigenvalue weighted by Crippen LogP contribution is 2.22. The lowest BCUT2D eigenvalue weighted by Gasteiger charge is -2.07. The van der Waals surface area contributed by atoms with Gasteiger partial charge in [0.25, 0.3) is 5.69 Å². The Morgan fingerprint density at radius 2 is 2.20 bits per heavy atom. The summed E-state index contributed by atoms with van der Waals surface area (Å²) in [5.41, 5.74) is 1.18. The molecule has 1 aromatic heterocycles. The van der Waals surface area contributed by atoms with E-state index in [9.17, 15) is 14.9 Å². The number of hydrogen-bond donors (Lipinski definition) is 0. The molecule has 0 aliphatic heterocycles. The lowest BCUT2D eigenvalue weighted by atomic mass is 10.2. The normalized spacial score (nSPS) is 10.4. The van der Waals surface area contributed by atoms with Crippen molar-refractivity contribution in [2.24, 2.45) is 0 Å². The minimum atomic E-state index is -0.436. The zero-order chi connectivity index (χ0) is 14.7. The molecule has 0 spiro atoms. The van der Waals surface area contributed by atoms with E-state index in [2.05, 4.69) is 6.58 Å². The molecule has 2 aromatic rings. The van der Waals surface area contributed by atoms with Crippen molar-refractivity contribution in [1.82, 2.24) is 4.57 Å². The monoisotopic (exact) mass is 274 g/mol. The van der Waals surface area contributed by atoms with Gasteiger partial charge < -0.3 is 9.30 Å². The summed E-state index contributed by atoms with van der Waals surface area (Å²) in [6.45, 7) is 6.02. The van der Waals surface area contributed by atoms with Gasteiger partial charge in [-0.2, -0.15) is 0 Å². The number of aromatic nitrogens is 1. The topological polar surface area (TPSA) is 74.4 Å². The van der Waals surface area contributed by atoms with Crippen molar-refractivity contribution in [2.45, 2.75) is 13.5 Å². The molecule has 0 N–H and O–H groups in total. The van der Waals surface area contributed by atoms with Crippen LogP contribution >= 0.6 is 0 Å². The number of carbonyl (C=O) groups excluding carboxylic acids is 1. The third-order valence-corrected chi connectivity index (χ3v) is 2.89. The van der Waals surface area contributed by atoms with E-state index in [4.69, 9.17) is 4.74 Å². The highest BCUT2D eigenvalue weighted by Gasteiger charge is 2.12. The van der Waals surface area contributed by atoms with Gasteiger partial charge in [-0.3, -0.25) is 10.1 Å². The van der Waals surface area contributed by atoms with Crippen LogP contribution in [0.25, 0.3) is 10.9 Å². The molecular weight excluding hydrogens is 260 g/mol. The second-order valence-corrected chi connectivity index (χ2v) is 4.27. The van der Waals surface area contributed by atoms with Crippen molar-refractivity contribution >= 4 is 22.6 Å². The highest BCUT2D eigenvalue weighted by molar-refractivity contribution is 5.88.